The zero-order valence-electron chi connectivity index (χ0n) is 12.4. The first-order valence-corrected chi connectivity index (χ1v) is 8.52. The van der Waals surface area contributed by atoms with E-state index in [1.165, 1.54) is 25.8 Å². The van der Waals surface area contributed by atoms with Crippen LogP contribution in [0.25, 0.3) is 0 Å². The normalized spacial score (nSPS) is 53.7. The van der Waals surface area contributed by atoms with Crippen LogP contribution in [0.4, 0.5) is 0 Å². The Morgan fingerprint density at radius 2 is 1.63 bits per heavy atom. The lowest BCUT2D eigenvalue weighted by molar-refractivity contribution is -0.0797. The van der Waals surface area contributed by atoms with E-state index in [-0.39, 0.29) is 6.10 Å². The van der Waals surface area contributed by atoms with E-state index in [4.69, 9.17) is 0 Å². The van der Waals surface area contributed by atoms with Gasteiger partial charge in [-0.2, -0.15) is 0 Å². The van der Waals surface area contributed by atoms with Crippen molar-refractivity contribution in [1.29, 1.82) is 0 Å². The second-order valence-corrected chi connectivity index (χ2v) is 8.49. The van der Waals surface area contributed by atoms with Gasteiger partial charge in [-0.1, -0.05) is 6.92 Å². The predicted molar refractivity (Wildman–Crippen MR) is 76.8 cm³/mol. The maximum Gasteiger partial charge on any atom is 0.0590 e. The van der Waals surface area contributed by atoms with Gasteiger partial charge in [-0.05, 0) is 74.0 Å². The van der Waals surface area contributed by atoms with E-state index in [2.05, 4.69) is 11.8 Å². The molecule has 4 saturated carbocycles. The van der Waals surface area contributed by atoms with Crippen molar-refractivity contribution in [3.05, 3.63) is 0 Å². The summed E-state index contributed by atoms with van der Waals surface area (Å²) in [4.78, 5) is 2.69. The molecule has 2 nitrogen and oxygen atoms in total. The fourth-order valence-electron chi connectivity index (χ4n) is 6.32. The minimum Gasteiger partial charge on any atom is -0.393 e. The van der Waals surface area contributed by atoms with E-state index < -0.39 is 0 Å². The van der Waals surface area contributed by atoms with Crippen molar-refractivity contribution < 1.29 is 5.11 Å². The zero-order valence-corrected chi connectivity index (χ0v) is 12.4. The fraction of sp³-hybridized carbons (Fsp3) is 1.00. The molecular weight excluding hydrogens is 234 g/mol. The lowest BCUT2D eigenvalue weighted by atomic mass is 9.49. The van der Waals surface area contributed by atoms with Crippen LogP contribution >= 0.6 is 0 Å². The van der Waals surface area contributed by atoms with E-state index >= 15 is 0 Å². The van der Waals surface area contributed by atoms with Gasteiger partial charge in [0.25, 0.3) is 0 Å². The van der Waals surface area contributed by atoms with Crippen LogP contribution in [0.2, 0.25) is 0 Å². The highest BCUT2D eigenvalue weighted by molar-refractivity contribution is 5.02. The van der Waals surface area contributed by atoms with Gasteiger partial charge in [-0.15, -0.1) is 0 Å². The molecule has 1 saturated heterocycles. The first-order valence-electron chi connectivity index (χ1n) is 8.52. The SMILES string of the molecule is CC1CN(CC23CC4CC(CC(C4)C2)C3)CCC1O. The standard InChI is InChI=1S/C17H29NO/c1-12-10-18(3-2-16(12)19)11-17-7-13-4-14(8-17)6-15(5-13)9-17/h12-16,19H,2-11H2,1H3. The molecule has 0 aromatic carbocycles. The molecule has 5 rings (SSSR count). The predicted octanol–water partition coefficient (Wildman–Crippen LogP) is 2.91. The topological polar surface area (TPSA) is 23.5 Å². The van der Waals surface area contributed by atoms with Crippen LogP contribution in [0.3, 0.4) is 0 Å². The molecule has 2 atom stereocenters. The first-order chi connectivity index (χ1) is 9.12. The number of aliphatic hydroxyl groups is 1. The second-order valence-electron chi connectivity index (χ2n) is 8.49. The van der Waals surface area contributed by atoms with Crippen LogP contribution in [0, 0.1) is 29.1 Å². The Morgan fingerprint density at radius 3 is 2.16 bits per heavy atom. The Morgan fingerprint density at radius 1 is 1.05 bits per heavy atom. The van der Waals surface area contributed by atoms with Crippen LogP contribution < -0.4 is 0 Å². The maximum absolute atomic E-state index is 9.90. The summed E-state index contributed by atoms with van der Waals surface area (Å²) < 4.78 is 0. The molecule has 1 N–H and O–H groups in total. The van der Waals surface area contributed by atoms with Gasteiger partial charge in [-0.25, -0.2) is 0 Å². The highest BCUT2D eigenvalue weighted by Gasteiger charge is 2.51. The molecule has 2 heteroatoms. The molecule has 5 fully saturated rings. The Labute approximate surface area is 117 Å². The van der Waals surface area contributed by atoms with E-state index in [0.29, 0.717) is 11.3 Å². The maximum atomic E-state index is 9.90. The lowest BCUT2D eigenvalue weighted by Crippen LogP contribution is -2.53. The molecule has 1 heterocycles. The molecule has 0 radical (unpaired) electrons. The number of nitrogens with zero attached hydrogens (tertiary/aromatic N) is 1. The molecular formula is C17H29NO. The third-order valence-electron chi connectivity index (χ3n) is 6.67. The fourth-order valence-corrected chi connectivity index (χ4v) is 6.32. The van der Waals surface area contributed by atoms with Crippen LogP contribution in [-0.2, 0) is 0 Å². The first kappa shape index (κ1) is 12.6. The smallest absolute Gasteiger partial charge is 0.0590 e. The summed E-state index contributed by atoms with van der Waals surface area (Å²) in [6.07, 6.45) is 10.2. The van der Waals surface area contributed by atoms with E-state index in [1.807, 2.05) is 0 Å². The Bertz CT molecular complexity index is 318. The summed E-state index contributed by atoms with van der Waals surface area (Å²) in [7, 11) is 0. The average Bonchev–Trinajstić information content (AvgIpc) is 2.31. The number of likely N-dealkylation sites (tertiary alicyclic amines) is 1. The van der Waals surface area contributed by atoms with Crippen molar-refractivity contribution in [1.82, 2.24) is 4.90 Å². The van der Waals surface area contributed by atoms with Crippen molar-refractivity contribution in [2.45, 2.75) is 58.0 Å². The molecule has 0 aromatic heterocycles. The van der Waals surface area contributed by atoms with Crippen molar-refractivity contribution in [2.75, 3.05) is 19.6 Å². The van der Waals surface area contributed by atoms with Gasteiger partial charge < -0.3 is 10.0 Å². The Hall–Kier alpha value is -0.0800. The van der Waals surface area contributed by atoms with E-state index in [1.54, 1.807) is 19.3 Å². The molecule has 4 bridgehead atoms. The van der Waals surface area contributed by atoms with Gasteiger partial charge in [0, 0.05) is 19.6 Å². The molecule has 0 aromatic rings. The van der Waals surface area contributed by atoms with E-state index in [0.717, 1.165) is 37.3 Å². The molecule has 5 aliphatic rings. The van der Waals surface area contributed by atoms with E-state index in [9.17, 15) is 5.11 Å². The highest BCUT2D eigenvalue weighted by atomic mass is 16.3. The molecule has 1 aliphatic heterocycles. The Balaban J connectivity index is 1.45. The Kier molecular flexibility index (Phi) is 2.97. The monoisotopic (exact) mass is 263 g/mol. The van der Waals surface area contributed by atoms with Crippen molar-refractivity contribution >= 4 is 0 Å². The number of aliphatic hydroxyl groups excluding tert-OH is 1. The summed E-state index contributed by atoms with van der Waals surface area (Å²) in [5.41, 5.74) is 0.677. The van der Waals surface area contributed by atoms with Gasteiger partial charge in [-0.3, -0.25) is 0 Å². The van der Waals surface area contributed by atoms with Crippen LogP contribution in [0.15, 0.2) is 0 Å². The van der Waals surface area contributed by atoms with Gasteiger partial charge in [0.2, 0.25) is 0 Å². The van der Waals surface area contributed by atoms with Crippen molar-refractivity contribution in [3.63, 3.8) is 0 Å². The van der Waals surface area contributed by atoms with Crippen molar-refractivity contribution in [3.8, 4) is 0 Å². The largest absolute Gasteiger partial charge is 0.393 e. The van der Waals surface area contributed by atoms with Gasteiger partial charge in [0.05, 0.1) is 6.10 Å². The number of hydrogen-bond acceptors (Lipinski definition) is 2. The second kappa shape index (κ2) is 4.46. The van der Waals surface area contributed by atoms with Gasteiger partial charge >= 0.3 is 0 Å². The third-order valence-corrected chi connectivity index (χ3v) is 6.67. The lowest BCUT2D eigenvalue weighted by Gasteiger charge is -2.58. The molecule has 2 unspecified atom stereocenters. The molecule has 4 aliphatic carbocycles. The minimum absolute atomic E-state index is 0.0485. The summed E-state index contributed by atoms with van der Waals surface area (Å²) in [6.45, 7) is 5.82. The summed E-state index contributed by atoms with van der Waals surface area (Å²) in [5.74, 6) is 3.68. The molecule has 0 spiro atoms. The molecule has 0 amide bonds. The van der Waals surface area contributed by atoms with Crippen LogP contribution in [0.1, 0.15) is 51.9 Å². The van der Waals surface area contributed by atoms with Gasteiger partial charge in [0.15, 0.2) is 0 Å². The van der Waals surface area contributed by atoms with Crippen LogP contribution in [0.5, 0.6) is 0 Å². The third kappa shape index (κ3) is 2.25. The number of hydrogen-bond donors (Lipinski definition) is 1. The van der Waals surface area contributed by atoms with Crippen molar-refractivity contribution in [2.24, 2.45) is 29.1 Å². The molecule has 108 valence electrons. The minimum atomic E-state index is -0.0485. The average molecular weight is 263 g/mol. The quantitative estimate of drug-likeness (QED) is 0.828. The van der Waals surface area contributed by atoms with Gasteiger partial charge in [0.1, 0.15) is 0 Å². The summed E-state index contributed by atoms with van der Waals surface area (Å²) in [6, 6.07) is 0. The van der Waals surface area contributed by atoms with Crippen LogP contribution in [-0.4, -0.2) is 35.7 Å². The zero-order chi connectivity index (χ0) is 13.0. The number of piperidine rings is 1. The molecule has 19 heavy (non-hydrogen) atoms. The summed E-state index contributed by atoms with van der Waals surface area (Å²) >= 11 is 0. The number of rotatable bonds is 2. The summed E-state index contributed by atoms with van der Waals surface area (Å²) in [5, 5.41) is 9.90. The highest BCUT2D eigenvalue weighted by Crippen LogP contribution is 2.60.